The molecule has 1 saturated heterocycles. The van der Waals surface area contributed by atoms with Crippen molar-refractivity contribution in [1.82, 2.24) is 5.32 Å². The maximum atomic E-state index is 12.7. The summed E-state index contributed by atoms with van der Waals surface area (Å²) in [4.78, 5) is 25.1. The van der Waals surface area contributed by atoms with Crippen LogP contribution in [0.15, 0.2) is 30.3 Å². The van der Waals surface area contributed by atoms with Gasteiger partial charge >= 0.3 is 5.97 Å². The summed E-state index contributed by atoms with van der Waals surface area (Å²) in [5, 5.41) is 12.1. The second-order valence-electron chi connectivity index (χ2n) is 5.21. The molecule has 20 heavy (non-hydrogen) atoms. The molecule has 1 heterocycles. The average molecular weight is 276 g/mol. The number of carbonyl (C=O) groups excluding carboxylic acids is 1. The predicted octanol–water partition coefficient (Wildman–Crippen LogP) is 1.35. The van der Waals surface area contributed by atoms with Crippen LogP contribution < -0.4 is 10.2 Å². The van der Waals surface area contributed by atoms with Crippen LogP contribution in [0.1, 0.15) is 13.3 Å². The third-order valence-corrected chi connectivity index (χ3v) is 3.72. The molecular weight excluding hydrogens is 256 g/mol. The van der Waals surface area contributed by atoms with E-state index < -0.39 is 5.97 Å². The zero-order chi connectivity index (χ0) is 14.5. The summed E-state index contributed by atoms with van der Waals surface area (Å²) < 4.78 is 0. The summed E-state index contributed by atoms with van der Waals surface area (Å²) in [5.41, 5.74) is 0.762. The summed E-state index contributed by atoms with van der Waals surface area (Å²) >= 11 is 0. The van der Waals surface area contributed by atoms with E-state index in [-0.39, 0.29) is 30.7 Å². The van der Waals surface area contributed by atoms with Gasteiger partial charge < -0.3 is 15.3 Å². The SMILES string of the molecule is CC1CNCC1C(=O)N(CCC(=O)O)c1ccccc1. The van der Waals surface area contributed by atoms with Crippen molar-refractivity contribution in [3.05, 3.63) is 30.3 Å². The first-order chi connectivity index (χ1) is 9.59. The molecule has 0 radical (unpaired) electrons. The Morgan fingerprint density at radius 2 is 2.00 bits per heavy atom. The van der Waals surface area contributed by atoms with Crippen molar-refractivity contribution in [2.75, 3.05) is 24.5 Å². The predicted molar refractivity (Wildman–Crippen MR) is 76.6 cm³/mol. The maximum Gasteiger partial charge on any atom is 0.305 e. The Balaban J connectivity index is 2.17. The number of carboxylic acid groups (broad SMARTS) is 1. The second-order valence-corrected chi connectivity index (χ2v) is 5.21. The van der Waals surface area contributed by atoms with Crippen LogP contribution in [0.2, 0.25) is 0 Å². The molecule has 2 unspecified atom stereocenters. The Bertz CT molecular complexity index is 475. The molecule has 1 fully saturated rings. The number of carboxylic acids is 1. The third kappa shape index (κ3) is 3.36. The van der Waals surface area contributed by atoms with Crippen molar-refractivity contribution in [3.63, 3.8) is 0 Å². The highest BCUT2D eigenvalue weighted by molar-refractivity contribution is 5.96. The number of para-hydroxylation sites is 1. The normalized spacial score (nSPS) is 21.6. The molecule has 0 aliphatic carbocycles. The van der Waals surface area contributed by atoms with Crippen molar-refractivity contribution >= 4 is 17.6 Å². The highest BCUT2D eigenvalue weighted by Gasteiger charge is 2.33. The van der Waals surface area contributed by atoms with Crippen LogP contribution in [-0.4, -0.2) is 36.6 Å². The van der Waals surface area contributed by atoms with Gasteiger partial charge in [-0.05, 0) is 24.6 Å². The quantitative estimate of drug-likeness (QED) is 0.851. The Morgan fingerprint density at radius 3 is 2.55 bits per heavy atom. The Morgan fingerprint density at radius 1 is 1.30 bits per heavy atom. The molecule has 1 aromatic carbocycles. The zero-order valence-corrected chi connectivity index (χ0v) is 11.6. The number of nitrogens with one attached hydrogen (secondary N) is 1. The van der Waals surface area contributed by atoms with Gasteiger partial charge in [0.1, 0.15) is 0 Å². The van der Waals surface area contributed by atoms with Gasteiger partial charge in [-0.3, -0.25) is 9.59 Å². The summed E-state index contributed by atoms with van der Waals surface area (Å²) in [6.07, 6.45) is -0.0465. The van der Waals surface area contributed by atoms with E-state index >= 15 is 0 Å². The van der Waals surface area contributed by atoms with Gasteiger partial charge in [-0.15, -0.1) is 0 Å². The van der Waals surface area contributed by atoms with Crippen LogP contribution in [-0.2, 0) is 9.59 Å². The van der Waals surface area contributed by atoms with Crippen LogP contribution in [0.3, 0.4) is 0 Å². The van der Waals surface area contributed by atoms with E-state index in [1.807, 2.05) is 37.3 Å². The van der Waals surface area contributed by atoms with E-state index in [2.05, 4.69) is 5.32 Å². The minimum Gasteiger partial charge on any atom is -0.481 e. The van der Waals surface area contributed by atoms with Gasteiger partial charge in [0.2, 0.25) is 5.91 Å². The molecule has 0 saturated carbocycles. The van der Waals surface area contributed by atoms with E-state index in [1.54, 1.807) is 4.90 Å². The molecular formula is C15H20N2O3. The molecule has 2 rings (SSSR count). The molecule has 0 aromatic heterocycles. The summed E-state index contributed by atoms with van der Waals surface area (Å²) in [6.45, 7) is 3.75. The fourth-order valence-electron chi connectivity index (χ4n) is 2.52. The number of rotatable bonds is 5. The van der Waals surface area contributed by atoms with Gasteiger partial charge in [0.05, 0.1) is 12.3 Å². The lowest BCUT2D eigenvalue weighted by atomic mass is 9.96. The second kappa shape index (κ2) is 6.52. The lowest BCUT2D eigenvalue weighted by Crippen LogP contribution is -2.40. The van der Waals surface area contributed by atoms with E-state index in [9.17, 15) is 9.59 Å². The van der Waals surface area contributed by atoms with Crippen LogP contribution in [0.25, 0.3) is 0 Å². The molecule has 1 aliphatic heterocycles. The molecule has 1 aliphatic rings. The first kappa shape index (κ1) is 14.5. The fraction of sp³-hybridized carbons (Fsp3) is 0.467. The van der Waals surface area contributed by atoms with Gasteiger partial charge in [0.25, 0.3) is 0 Å². The van der Waals surface area contributed by atoms with Gasteiger partial charge in [-0.1, -0.05) is 25.1 Å². The smallest absolute Gasteiger partial charge is 0.305 e. The van der Waals surface area contributed by atoms with Crippen molar-refractivity contribution in [2.45, 2.75) is 13.3 Å². The molecule has 2 atom stereocenters. The van der Waals surface area contributed by atoms with Crippen LogP contribution in [0, 0.1) is 11.8 Å². The molecule has 0 bridgehead atoms. The Kier molecular flexibility index (Phi) is 4.74. The van der Waals surface area contributed by atoms with Crippen LogP contribution in [0.5, 0.6) is 0 Å². The number of aliphatic carboxylic acids is 1. The molecule has 5 heteroatoms. The number of amides is 1. The first-order valence-electron chi connectivity index (χ1n) is 6.88. The topological polar surface area (TPSA) is 69.6 Å². The number of hydrogen-bond acceptors (Lipinski definition) is 3. The van der Waals surface area contributed by atoms with Crippen LogP contribution in [0.4, 0.5) is 5.69 Å². The van der Waals surface area contributed by atoms with Crippen molar-refractivity contribution in [2.24, 2.45) is 11.8 Å². The maximum absolute atomic E-state index is 12.7. The monoisotopic (exact) mass is 276 g/mol. The number of benzene rings is 1. The lowest BCUT2D eigenvalue weighted by Gasteiger charge is -2.26. The molecule has 2 N–H and O–H groups in total. The zero-order valence-electron chi connectivity index (χ0n) is 11.6. The van der Waals surface area contributed by atoms with Crippen molar-refractivity contribution in [3.8, 4) is 0 Å². The Labute approximate surface area is 118 Å². The number of hydrogen-bond donors (Lipinski definition) is 2. The van der Waals surface area contributed by atoms with Gasteiger partial charge in [-0.25, -0.2) is 0 Å². The molecule has 1 aromatic rings. The first-order valence-corrected chi connectivity index (χ1v) is 6.88. The number of nitrogens with zero attached hydrogens (tertiary/aromatic N) is 1. The van der Waals surface area contributed by atoms with E-state index in [0.29, 0.717) is 6.54 Å². The standard InChI is InChI=1S/C15H20N2O3/c1-11-9-16-10-13(11)15(20)17(8-7-14(18)19)12-5-3-2-4-6-12/h2-6,11,13,16H,7-10H2,1H3,(H,18,19). The fourth-order valence-corrected chi connectivity index (χ4v) is 2.52. The minimum absolute atomic E-state index is 0.00921. The van der Waals surface area contributed by atoms with Gasteiger partial charge in [-0.2, -0.15) is 0 Å². The van der Waals surface area contributed by atoms with E-state index in [4.69, 9.17) is 5.11 Å². The molecule has 0 spiro atoms. The largest absolute Gasteiger partial charge is 0.481 e. The minimum atomic E-state index is -0.892. The molecule has 108 valence electrons. The highest BCUT2D eigenvalue weighted by atomic mass is 16.4. The van der Waals surface area contributed by atoms with E-state index in [1.165, 1.54) is 0 Å². The highest BCUT2D eigenvalue weighted by Crippen LogP contribution is 2.23. The number of carbonyl (C=O) groups is 2. The third-order valence-electron chi connectivity index (χ3n) is 3.72. The van der Waals surface area contributed by atoms with Gasteiger partial charge in [0, 0.05) is 18.8 Å². The molecule has 1 amide bonds. The average Bonchev–Trinajstić information content (AvgIpc) is 2.86. The lowest BCUT2D eigenvalue weighted by molar-refractivity contribution is -0.136. The van der Waals surface area contributed by atoms with Crippen molar-refractivity contribution < 1.29 is 14.7 Å². The summed E-state index contributed by atoms with van der Waals surface area (Å²) in [5.74, 6) is -0.686. The van der Waals surface area contributed by atoms with Gasteiger partial charge in [0.15, 0.2) is 0 Å². The summed E-state index contributed by atoms with van der Waals surface area (Å²) in [6, 6.07) is 9.27. The van der Waals surface area contributed by atoms with E-state index in [0.717, 1.165) is 12.2 Å². The van der Waals surface area contributed by atoms with Crippen LogP contribution >= 0.6 is 0 Å². The van der Waals surface area contributed by atoms with Crippen molar-refractivity contribution in [1.29, 1.82) is 0 Å². The Hall–Kier alpha value is -1.88. The number of anilines is 1. The molecule has 5 nitrogen and oxygen atoms in total. The summed E-state index contributed by atoms with van der Waals surface area (Å²) in [7, 11) is 0.